The Bertz CT molecular complexity index is 687. The summed E-state index contributed by atoms with van der Waals surface area (Å²) in [5.74, 6) is -0.168. The molecule has 1 N–H and O–H groups in total. The van der Waals surface area contributed by atoms with E-state index >= 15 is 0 Å². The zero-order chi connectivity index (χ0) is 16.3. The monoisotopic (exact) mass is 316 g/mol. The first-order chi connectivity index (χ1) is 10.4. The van der Waals surface area contributed by atoms with Gasteiger partial charge in [0.15, 0.2) is 0 Å². The molecule has 0 spiro atoms. The molecule has 0 unspecified atom stereocenters. The van der Waals surface area contributed by atoms with Crippen LogP contribution in [-0.4, -0.2) is 30.8 Å². The number of anilines is 1. The second-order valence-electron chi connectivity index (χ2n) is 5.30. The summed E-state index contributed by atoms with van der Waals surface area (Å²) in [7, 11) is 3.42. The summed E-state index contributed by atoms with van der Waals surface area (Å²) in [5, 5.41) is 2.86. The Hall–Kier alpha value is -2.14. The second-order valence-corrected chi connectivity index (χ2v) is 6.44. The molecule has 116 valence electrons. The van der Waals surface area contributed by atoms with Crippen molar-refractivity contribution in [2.24, 2.45) is 0 Å². The lowest BCUT2D eigenvalue weighted by Gasteiger charge is -2.10. The molecule has 2 aromatic rings. The Morgan fingerprint density at radius 2 is 1.82 bits per heavy atom. The van der Waals surface area contributed by atoms with Crippen molar-refractivity contribution in [3.63, 3.8) is 0 Å². The molecule has 5 heteroatoms. The van der Waals surface area contributed by atoms with Crippen molar-refractivity contribution in [3.8, 4) is 0 Å². The topological polar surface area (TPSA) is 49.4 Å². The quantitative estimate of drug-likeness (QED) is 0.937. The van der Waals surface area contributed by atoms with Crippen molar-refractivity contribution in [1.29, 1.82) is 0 Å². The number of rotatable bonds is 4. The molecule has 2 rings (SSSR count). The Labute approximate surface area is 134 Å². The fourth-order valence-corrected chi connectivity index (χ4v) is 3.14. The molecule has 2 amide bonds. The summed E-state index contributed by atoms with van der Waals surface area (Å²) in [5.41, 5.74) is 2.44. The molecular formula is C17H20N2O2S. The Morgan fingerprint density at radius 3 is 2.32 bits per heavy atom. The second kappa shape index (κ2) is 6.75. The van der Waals surface area contributed by atoms with Crippen molar-refractivity contribution in [3.05, 3.63) is 51.2 Å². The third kappa shape index (κ3) is 3.54. The summed E-state index contributed by atoms with van der Waals surface area (Å²) in [6.07, 6.45) is 0.936. The van der Waals surface area contributed by atoms with Crippen molar-refractivity contribution < 1.29 is 9.59 Å². The van der Waals surface area contributed by atoms with Crippen LogP contribution in [0.25, 0.3) is 0 Å². The molecule has 22 heavy (non-hydrogen) atoms. The van der Waals surface area contributed by atoms with Gasteiger partial charge in [0.2, 0.25) is 0 Å². The highest BCUT2D eigenvalue weighted by Gasteiger charge is 2.12. The molecule has 0 aliphatic carbocycles. The highest BCUT2D eigenvalue weighted by atomic mass is 32.1. The largest absolute Gasteiger partial charge is 0.345 e. The number of nitrogens with zero attached hydrogens (tertiary/aromatic N) is 1. The highest BCUT2D eigenvalue weighted by molar-refractivity contribution is 7.14. The predicted molar refractivity (Wildman–Crippen MR) is 90.8 cm³/mol. The van der Waals surface area contributed by atoms with Crippen molar-refractivity contribution in [2.45, 2.75) is 20.3 Å². The van der Waals surface area contributed by atoms with E-state index in [1.54, 1.807) is 38.4 Å². The molecular weight excluding hydrogens is 296 g/mol. The van der Waals surface area contributed by atoms with Crippen molar-refractivity contribution in [2.75, 3.05) is 19.4 Å². The van der Waals surface area contributed by atoms with Crippen LogP contribution in [0.5, 0.6) is 0 Å². The molecule has 0 saturated carbocycles. The number of carbonyl (C=O) groups excluding carboxylic acids is 2. The van der Waals surface area contributed by atoms with E-state index < -0.39 is 0 Å². The van der Waals surface area contributed by atoms with Gasteiger partial charge in [0, 0.05) is 30.2 Å². The first-order valence-corrected chi connectivity index (χ1v) is 7.96. The summed E-state index contributed by atoms with van der Waals surface area (Å²) in [4.78, 5) is 27.5. The van der Waals surface area contributed by atoms with Crippen LogP contribution in [-0.2, 0) is 6.42 Å². The Balaban J connectivity index is 2.10. The predicted octanol–water partition coefficient (Wildman–Crippen LogP) is 3.57. The molecule has 0 fully saturated rings. The van der Waals surface area contributed by atoms with Crippen molar-refractivity contribution in [1.82, 2.24) is 4.90 Å². The van der Waals surface area contributed by atoms with Crippen molar-refractivity contribution >= 4 is 28.8 Å². The lowest BCUT2D eigenvalue weighted by atomic mass is 10.2. The number of aryl methyl sites for hydroxylation is 2. The third-order valence-electron chi connectivity index (χ3n) is 3.36. The maximum atomic E-state index is 12.2. The van der Waals surface area contributed by atoms with Crippen LogP contribution in [0.4, 0.5) is 5.69 Å². The smallest absolute Gasteiger partial charge is 0.265 e. The minimum absolute atomic E-state index is 0.0562. The number of nitrogens with one attached hydrogen (secondary N) is 1. The number of thiophene rings is 1. The van der Waals surface area contributed by atoms with Crippen LogP contribution < -0.4 is 5.32 Å². The standard InChI is InChI=1S/C17H20N2O2S/c1-5-14-11(2)10-15(22-14)16(20)18-13-8-6-12(7-9-13)17(21)19(3)4/h6-10H,5H2,1-4H3,(H,18,20). The number of hydrogen-bond acceptors (Lipinski definition) is 3. The number of amides is 2. The lowest BCUT2D eigenvalue weighted by molar-refractivity contribution is 0.0827. The molecule has 0 atom stereocenters. The fourth-order valence-electron chi connectivity index (χ4n) is 2.13. The molecule has 4 nitrogen and oxygen atoms in total. The van der Waals surface area contributed by atoms with Crippen LogP contribution >= 0.6 is 11.3 Å². The Morgan fingerprint density at radius 1 is 1.18 bits per heavy atom. The van der Waals surface area contributed by atoms with Gasteiger partial charge in [0.05, 0.1) is 4.88 Å². The average Bonchev–Trinajstić information content (AvgIpc) is 2.88. The molecule has 0 aliphatic heterocycles. The van der Waals surface area contributed by atoms with Gasteiger partial charge in [-0.05, 0) is 49.2 Å². The van der Waals surface area contributed by atoms with Gasteiger partial charge in [-0.3, -0.25) is 9.59 Å². The van der Waals surface area contributed by atoms with Gasteiger partial charge >= 0.3 is 0 Å². The average molecular weight is 316 g/mol. The maximum Gasteiger partial charge on any atom is 0.265 e. The van der Waals surface area contributed by atoms with Gasteiger partial charge in [-0.15, -0.1) is 11.3 Å². The van der Waals surface area contributed by atoms with E-state index in [4.69, 9.17) is 0 Å². The number of hydrogen-bond donors (Lipinski definition) is 1. The van der Waals surface area contributed by atoms with Gasteiger partial charge in [-0.1, -0.05) is 6.92 Å². The van der Waals surface area contributed by atoms with E-state index in [0.717, 1.165) is 12.0 Å². The minimum atomic E-state index is -0.112. The molecule has 1 aromatic carbocycles. The third-order valence-corrected chi connectivity index (χ3v) is 4.74. The van der Waals surface area contributed by atoms with Gasteiger partial charge < -0.3 is 10.2 Å². The number of carbonyl (C=O) groups is 2. The van der Waals surface area contributed by atoms with E-state index in [2.05, 4.69) is 12.2 Å². The highest BCUT2D eigenvalue weighted by Crippen LogP contribution is 2.23. The van der Waals surface area contributed by atoms with E-state index in [-0.39, 0.29) is 11.8 Å². The van der Waals surface area contributed by atoms with Crippen LogP contribution in [0.1, 0.15) is 37.4 Å². The van der Waals surface area contributed by atoms with Crippen LogP contribution in [0.15, 0.2) is 30.3 Å². The fraction of sp³-hybridized carbons (Fsp3) is 0.294. The van der Waals surface area contributed by atoms with E-state index in [1.807, 2.05) is 13.0 Å². The van der Waals surface area contributed by atoms with E-state index in [9.17, 15) is 9.59 Å². The molecule has 0 bridgehead atoms. The normalized spacial score (nSPS) is 10.4. The zero-order valence-corrected chi connectivity index (χ0v) is 14.1. The van der Waals surface area contributed by atoms with Gasteiger partial charge in [0.25, 0.3) is 11.8 Å². The van der Waals surface area contributed by atoms with Gasteiger partial charge in [0.1, 0.15) is 0 Å². The first kappa shape index (κ1) is 16.2. The minimum Gasteiger partial charge on any atom is -0.345 e. The van der Waals surface area contributed by atoms with Crippen LogP contribution in [0, 0.1) is 6.92 Å². The maximum absolute atomic E-state index is 12.2. The zero-order valence-electron chi connectivity index (χ0n) is 13.3. The van der Waals surface area contributed by atoms with Crippen LogP contribution in [0.3, 0.4) is 0 Å². The Kier molecular flexibility index (Phi) is 4.98. The SMILES string of the molecule is CCc1sc(C(=O)Nc2ccc(C(=O)N(C)C)cc2)cc1C. The molecule has 1 heterocycles. The summed E-state index contributed by atoms with van der Waals surface area (Å²) in [6, 6.07) is 8.85. The molecule has 1 aromatic heterocycles. The molecule has 0 saturated heterocycles. The van der Waals surface area contributed by atoms with Gasteiger partial charge in [-0.2, -0.15) is 0 Å². The van der Waals surface area contributed by atoms with Gasteiger partial charge in [-0.25, -0.2) is 0 Å². The van der Waals surface area contributed by atoms with Crippen LogP contribution in [0.2, 0.25) is 0 Å². The number of benzene rings is 1. The van der Waals surface area contributed by atoms with E-state index in [0.29, 0.717) is 16.1 Å². The lowest BCUT2D eigenvalue weighted by Crippen LogP contribution is -2.21. The van der Waals surface area contributed by atoms with E-state index in [1.165, 1.54) is 21.1 Å². The summed E-state index contributed by atoms with van der Waals surface area (Å²) < 4.78 is 0. The summed E-state index contributed by atoms with van der Waals surface area (Å²) in [6.45, 7) is 4.11. The molecule has 0 radical (unpaired) electrons. The molecule has 0 aliphatic rings. The first-order valence-electron chi connectivity index (χ1n) is 7.14. The summed E-state index contributed by atoms with van der Waals surface area (Å²) >= 11 is 1.53.